The minimum atomic E-state index is -0.961. The first kappa shape index (κ1) is 15.3. The molecule has 0 saturated carbocycles. The Hall–Kier alpha value is -2.62. The highest BCUT2D eigenvalue weighted by Crippen LogP contribution is 2.35. The van der Waals surface area contributed by atoms with Crippen molar-refractivity contribution < 1.29 is 14.7 Å². The number of rotatable bonds is 4. The molecule has 4 heteroatoms. The summed E-state index contributed by atoms with van der Waals surface area (Å²) in [5.74, 6) is -1.43. The van der Waals surface area contributed by atoms with E-state index in [1.807, 2.05) is 61.5 Å². The summed E-state index contributed by atoms with van der Waals surface area (Å²) in [6, 6.07) is 16.2. The van der Waals surface area contributed by atoms with Crippen LogP contribution < -0.4 is 4.90 Å². The Kier molecular flexibility index (Phi) is 4.15. The summed E-state index contributed by atoms with van der Waals surface area (Å²) in [4.78, 5) is 26.2. The molecule has 1 aliphatic heterocycles. The summed E-state index contributed by atoms with van der Waals surface area (Å²) in [5, 5.41) is 9.54. The fourth-order valence-electron chi connectivity index (χ4n) is 3.26. The molecule has 0 bridgehead atoms. The number of hydrogen-bond donors (Lipinski definition) is 1. The molecule has 0 saturated heterocycles. The van der Waals surface area contributed by atoms with Gasteiger partial charge in [0.25, 0.3) is 0 Å². The number of hydrogen-bond acceptors (Lipinski definition) is 2. The Morgan fingerprint density at radius 1 is 1.13 bits per heavy atom. The smallest absolute Gasteiger partial charge is 0.327 e. The lowest BCUT2D eigenvalue weighted by molar-refractivity contribution is -0.140. The average molecular weight is 309 g/mol. The van der Waals surface area contributed by atoms with Crippen LogP contribution in [0.3, 0.4) is 0 Å². The molecule has 2 unspecified atom stereocenters. The Morgan fingerprint density at radius 3 is 2.43 bits per heavy atom. The van der Waals surface area contributed by atoms with Crippen LogP contribution >= 0.6 is 0 Å². The maximum Gasteiger partial charge on any atom is 0.327 e. The molecule has 0 aromatic heterocycles. The third-order valence-corrected chi connectivity index (χ3v) is 4.41. The number of benzene rings is 2. The van der Waals surface area contributed by atoms with Gasteiger partial charge in [-0.05, 0) is 23.6 Å². The summed E-state index contributed by atoms with van der Waals surface area (Å²) in [5.41, 5.74) is 2.56. The number of carbonyl (C=O) groups is 2. The van der Waals surface area contributed by atoms with Crippen LogP contribution in [0.1, 0.15) is 30.4 Å². The van der Waals surface area contributed by atoms with Gasteiger partial charge in [-0.3, -0.25) is 9.69 Å². The Balaban J connectivity index is 2.00. The second-order valence-corrected chi connectivity index (χ2v) is 5.77. The van der Waals surface area contributed by atoms with Gasteiger partial charge in [0, 0.05) is 12.1 Å². The molecule has 1 aliphatic rings. The molecule has 3 rings (SSSR count). The number of amides is 1. The van der Waals surface area contributed by atoms with Crippen LogP contribution in [-0.2, 0) is 16.0 Å². The second kappa shape index (κ2) is 6.24. The first-order valence-electron chi connectivity index (χ1n) is 7.82. The van der Waals surface area contributed by atoms with Crippen LogP contribution in [0.5, 0.6) is 0 Å². The molecule has 1 amide bonds. The van der Waals surface area contributed by atoms with E-state index in [9.17, 15) is 14.7 Å². The van der Waals surface area contributed by atoms with Crippen LogP contribution in [-0.4, -0.2) is 23.0 Å². The molecule has 2 aromatic rings. The maximum absolute atomic E-state index is 13.1. The van der Waals surface area contributed by atoms with Crippen molar-refractivity contribution in [1.82, 2.24) is 0 Å². The van der Waals surface area contributed by atoms with Gasteiger partial charge in [-0.2, -0.15) is 0 Å². The number of carboxylic acid groups (broad SMARTS) is 1. The zero-order valence-electron chi connectivity index (χ0n) is 13.0. The highest BCUT2D eigenvalue weighted by Gasteiger charge is 2.40. The maximum atomic E-state index is 13.1. The van der Waals surface area contributed by atoms with Crippen LogP contribution in [0, 0.1) is 0 Å². The number of nitrogens with zero attached hydrogens (tertiary/aromatic N) is 1. The minimum absolute atomic E-state index is 0.143. The highest BCUT2D eigenvalue weighted by molar-refractivity contribution is 6.04. The van der Waals surface area contributed by atoms with E-state index in [-0.39, 0.29) is 11.8 Å². The first-order chi connectivity index (χ1) is 11.1. The zero-order chi connectivity index (χ0) is 16.4. The lowest BCUT2D eigenvalue weighted by Gasteiger charge is -2.27. The van der Waals surface area contributed by atoms with Gasteiger partial charge in [0.05, 0.1) is 5.92 Å². The molecular weight excluding hydrogens is 290 g/mol. The molecule has 118 valence electrons. The lowest BCUT2D eigenvalue weighted by atomic mass is 9.94. The fourth-order valence-corrected chi connectivity index (χ4v) is 3.26. The average Bonchev–Trinajstić information content (AvgIpc) is 2.96. The molecule has 0 fully saturated rings. The van der Waals surface area contributed by atoms with Crippen molar-refractivity contribution in [3.63, 3.8) is 0 Å². The summed E-state index contributed by atoms with van der Waals surface area (Å²) in [7, 11) is 0. The van der Waals surface area contributed by atoms with Gasteiger partial charge in [0.2, 0.25) is 5.91 Å². The van der Waals surface area contributed by atoms with Crippen molar-refractivity contribution in [1.29, 1.82) is 0 Å². The predicted molar refractivity (Wildman–Crippen MR) is 88.5 cm³/mol. The number of carboxylic acids is 1. The van der Waals surface area contributed by atoms with E-state index in [4.69, 9.17) is 0 Å². The van der Waals surface area contributed by atoms with E-state index < -0.39 is 12.0 Å². The topological polar surface area (TPSA) is 57.6 Å². The molecule has 2 atom stereocenters. The van der Waals surface area contributed by atoms with Gasteiger partial charge in [0.15, 0.2) is 0 Å². The standard InChI is InChI=1S/C19H19NO3/c1-2-15(13-8-4-3-5-9-13)18(21)20-16-11-7-6-10-14(16)12-17(20)19(22)23/h3-11,15,17H,2,12H2,1H3,(H,22,23). The minimum Gasteiger partial charge on any atom is -0.480 e. The number of carbonyl (C=O) groups excluding carboxylic acids is 1. The normalized spacial score (nSPS) is 17.6. The molecule has 4 nitrogen and oxygen atoms in total. The summed E-state index contributed by atoms with van der Waals surface area (Å²) < 4.78 is 0. The molecule has 1 N–H and O–H groups in total. The van der Waals surface area contributed by atoms with Gasteiger partial charge < -0.3 is 5.11 Å². The molecule has 23 heavy (non-hydrogen) atoms. The SMILES string of the molecule is CCC(C(=O)N1c2ccccc2CC1C(=O)O)c1ccccc1. The van der Waals surface area contributed by atoms with Gasteiger partial charge >= 0.3 is 5.97 Å². The van der Waals surface area contributed by atoms with E-state index in [1.54, 1.807) is 0 Å². The Labute approximate surface area is 135 Å². The summed E-state index contributed by atoms with van der Waals surface area (Å²) in [6.45, 7) is 1.95. The number of aliphatic carboxylic acids is 1. The van der Waals surface area contributed by atoms with Gasteiger partial charge in [-0.1, -0.05) is 55.5 Å². The quantitative estimate of drug-likeness (QED) is 0.943. The molecule has 2 aromatic carbocycles. The monoisotopic (exact) mass is 309 g/mol. The van der Waals surface area contributed by atoms with Gasteiger partial charge in [-0.25, -0.2) is 4.79 Å². The van der Waals surface area contributed by atoms with E-state index >= 15 is 0 Å². The van der Waals surface area contributed by atoms with Crippen molar-refractivity contribution >= 4 is 17.6 Å². The lowest BCUT2D eigenvalue weighted by Crippen LogP contribution is -2.45. The zero-order valence-corrected chi connectivity index (χ0v) is 13.0. The van der Waals surface area contributed by atoms with Crippen molar-refractivity contribution in [3.8, 4) is 0 Å². The van der Waals surface area contributed by atoms with Crippen LogP contribution in [0.4, 0.5) is 5.69 Å². The Morgan fingerprint density at radius 2 is 1.78 bits per heavy atom. The molecule has 0 spiro atoms. The summed E-state index contributed by atoms with van der Waals surface area (Å²) in [6.07, 6.45) is 0.996. The van der Waals surface area contributed by atoms with E-state index in [0.29, 0.717) is 12.8 Å². The van der Waals surface area contributed by atoms with E-state index in [0.717, 1.165) is 16.8 Å². The van der Waals surface area contributed by atoms with Gasteiger partial charge in [-0.15, -0.1) is 0 Å². The highest BCUT2D eigenvalue weighted by atomic mass is 16.4. The Bertz CT molecular complexity index is 726. The van der Waals surface area contributed by atoms with Crippen molar-refractivity contribution in [2.75, 3.05) is 4.90 Å². The first-order valence-corrected chi connectivity index (χ1v) is 7.82. The van der Waals surface area contributed by atoms with Gasteiger partial charge in [0.1, 0.15) is 6.04 Å². The molecular formula is C19H19NO3. The predicted octanol–water partition coefficient (Wildman–Crippen LogP) is 3.22. The number of fused-ring (bicyclic) bond motifs is 1. The summed E-state index contributed by atoms with van der Waals surface area (Å²) >= 11 is 0. The van der Waals surface area contributed by atoms with Crippen LogP contribution in [0.25, 0.3) is 0 Å². The largest absolute Gasteiger partial charge is 0.480 e. The molecule has 0 radical (unpaired) electrons. The van der Waals surface area contributed by atoms with Crippen LogP contribution in [0.2, 0.25) is 0 Å². The second-order valence-electron chi connectivity index (χ2n) is 5.77. The third-order valence-electron chi connectivity index (χ3n) is 4.41. The number of para-hydroxylation sites is 1. The number of anilines is 1. The fraction of sp³-hybridized carbons (Fsp3) is 0.263. The third kappa shape index (κ3) is 2.72. The molecule has 1 heterocycles. The molecule has 0 aliphatic carbocycles. The van der Waals surface area contributed by atoms with Crippen LogP contribution in [0.15, 0.2) is 54.6 Å². The van der Waals surface area contributed by atoms with Crippen molar-refractivity contribution in [2.24, 2.45) is 0 Å². The van der Waals surface area contributed by atoms with E-state index in [2.05, 4.69) is 0 Å². The van der Waals surface area contributed by atoms with Crippen molar-refractivity contribution in [2.45, 2.75) is 31.7 Å². The van der Waals surface area contributed by atoms with Crippen molar-refractivity contribution in [3.05, 3.63) is 65.7 Å². The van der Waals surface area contributed by atoms with E-state index in [1.165, 1.54) is 4.90 Å².